The minimum atomic E-state index is -1.54. The van der Waals surface area contributed by atoms with E-state index < -0.39 is 7.12 Å². The predicted molar refractivity (Wildman–Crippen MR) is 70.4 cm³/mol. The van der Waals surface area contributed by atoms with Crippen LogP contribution in [0.15, 0.2) is 36.4 Å². The monoisotopic (exact) mass is 240 g/mol. The highest BCUT2D eigenvalue weighted by Gasteiger charge is 2.27. The summed E-state index contributed by atoms with van der Waals surface area (Å²) in [5.74, 6) is 0. The van der Waals surface area contributed by atoms with Crippen molar-refractivity contribution in [3.63, 3.8) is 0 Å². The Hall–Kier alpha value is -1.62. The maximum atomic E-state index is 9.52. The zero-order valence-corrected chi connectivity index (χ0v) is 9.80. The average molecular weight is 240 g/mol. The van der Waals surface area contributed by atoms with Crippen molar-refractivity contribution >= 4 is 12.6 Å². The molecule has 0 amide bonds. The van der Waals surface area contributed by atoms with Crippen molar-refractivity contribution in [1.82, 2.24) is 0 Å². The molecule has 4 heteroatoms. The van der Waals surface area contributed by atoms with E-state index in [2.05, 4.69) is 0 Å². The fourth-order valence-corrected chi connectivity index (χ4v) is 2.74. The number of hydrogen-bond acceptors (Lipinski definition) is 3. The molecule has 0 atom stereocenters. The SMILES string of the molecule is OCc1ccc2c(c1B(O)O)Cc1ccccc1-2. The summed E-state index contributed by atoms with van der Waals surface area (Å²) in [6.07, 6.45) is 0.687. The van der Waals surface area contributed by atoms with Gasteiger partial charge >= 0.3 is 7.12 Å². The normalized spacial score (nSPS) is 12.2. The highest BCUT2D eigenvalue weighted by Crippen LogP contribution is 2.35. The van der Waals surface area contributed by atoms with Crippen LogP contribution < -0.4 is 5.46 Å². The summed E-state index contributed by atoms with van der Waals surface area (Å²) in [6, 6.07) is 11.7. The molecule has 0 spiro atoms. The summed E-state index contributed by atoms with van der Waals surface area (Å²) in [7, 11) is -1.54. The van der Waals surface area contributed by atoms with Gasteiger partial charge in [-0.05, 0) is 39.7 Å². The fourth-order valence-electron chi connectivity index (χ4n) is 2.74. The van der Waals surface area contributed by atoms with Gasteiger partial charge in [0.25, 0.3) is 0 Å². The van der Waals surface area contributed by atoms with E-state index in [4.69, 9.17) is 0 Å². The van der Waals surface area contributed by atoms with Crippen molar-refractivity contribution in [3.05, 3.63) is 53.1 Å². The van der Waals surface area contributed by atoms with Crippen molar-refractivity contribution in [2.45, 2.75) is 13.0 Å². The Bertz CT molecular complexity index is 608. The molecule has 3 rings (SSSR count). The Morgan fingerprint density at radius 2 is 1.78 bits per heavy atom. The standard InChI is InChI=1S/C14H13BO3/c16-8-10-5-6-12-11-4-2-1-3-9(11)7-13(12)14(10)15(17)18/h1-6,16-18H,7-8H2. The van der Waals surface area contributed by atoms with Gasteiger partial charge < -0.3 is 15.2 Å². The molecule has 0 unspecified atom stereocenters. The lowest BCUT2D eigenvalue weighted by Gasteiger charge is -2.12. The van der Waals surface area contributed by atoms with Crippen molar-refractivity contribution in [1.29, 1.82) is 0 Å². The summed E-state index contributed by atoms with van der Waals surface area (Å²) in [5, 5.41) is 28.3. The Morgan fingerprint density at radius 1 is 1.00 bits per heavy atom. The highest BCUT2D eigenvalue weighted by molar-refractivity contribution is 6.60. The van der Waals surface area contributed by atoms with E-state index in [0.717, 1.165) is 16.7 Å². The molecule has 3 nitrogen and oxygen atoms in total. The Morgan fingerprint density at radius 3 is 2.50 bits per heavy atom. The number of aliphatic hydroxyl groups excluding tert-OH is 1. The van der Waals surface area contributed by atoms with E-state index in [-0.39, 0.29) is 6.61 Å². The second kappa shape index (κ2) is 4.25. The zero-order chi connectivity index (χ0) is 12.7. The maximum Gasteiger partial charge on any atom is 0.489 e. The molecular formula is C14H13BO3. The topological polar surface area (TPSA) is 60.7 Å². The van der Waals surface area contributed by atoms with E-state index in [1.165, 1.54) is 5.56 Å². The van der Waals surface area contributed by atoms with Crippen LogP contribution in [0.25, 0.3) is 11.1 Å². The van der Waals surface area contributed by atoms with Crippen molar-refractivity contribution in [3.8, 4) is 11.1 Å². The summed E-state index contributed by atoms with van der Waals surface area (Å²) >= 11 is 0. The number of aliphatic hydroxyl groups is 1. The van der Waals surface area contributed by atoms with E-state index in [1.807, 2.05) is 30.3 Å². The largest absolute Gasteiger partial charge is 0.489 e. The van der Waals surface area contributed by atoms with E-state index in [9.17, 15) is 15.2 Å². The minimum Gasteiger partial charge on any atom is -0.423 e. The van der Waals surface area contributed by atoms with Gasteiger partial charge in [-0.3, -0.25) is 0 Å². The number of rotatable bonds is 2. The van der Waals surface area contributed by atoms with Gasteiger partial charge in [0, 0.05) is 0 Å². The molecule has 0 heterocycles. The Kier molecular flexibility index (Phi) is 2.71. The number of fused-ring (bicyclic) bond motifs is 3. The van der Waals surface area contributed by atoms with Crippen LogP contribution in [0, 0.1) is 0 Å². The third kappa shape index (κ3) is 1.58. The number of hydrogen-bond donors (Lipinski definition) is 3. The maximum absolute atomic E-state index is 9.52. The van der Waals surface area contributed by atoms with E-state index in [1.54, 1.807) is 6.07 Å². The smallest absolute Gasteiger partial charge is 0.423 e. The third-order valence-electron chi connectivity index (χ3n) is 3.55. The van der Waals surface area contributed by atoms with Gasteiger partial charge in [0.15, 0.2) is 0 Å². The van der Waals surface area contributed by atoms with Gasteiger partial charge in [-0.25, -0.2) is 0 Å². The first-order valence-electron chi connectivity index (χ1n) is 5.92. The first-order chi connectivity index (χ1) is 8.72. The predicted octanol–water partition coefficient (Wildman–Crippen LogP) is 0.430. The summed E-state index contributed by atoms with van der Waals surface area (Å²) in [4.78, 5) is 0. The van der Waals surface area contributed by atoms with Crippen LogP contribution in [0.3, 0.4) is 0 Å². The van der Waals surface area contributed by atoms with Gasteiger partial charge in [0.2, 0.25) is 0 Å². The summed E-state index contributed by atoms with van der Waals surface area (Å²) in [5.41, 5.74) is 5.30. The van der Waals surface area contributed by atoms with E-state index >= 15 is 0 Å². The quantitative estimate of drug-likeness (QED) is 0.569. The molecule has 2 aromatic rings. The van der Waals surface area contributed by atoms with Gasteiger partial charge in [0.05, 0.1) is 6.61 Å². The van der Waals surface area contributed by atoms with E-state index in [0.29, 0.717) is 17.4 Å². The first-order valence-corrected chi connectivity index (χ1v) is 5.92. The molecule has 0 saturated heterocycles. The molecule has 1 aliphatic rings. The summed E-state index contributed by atoms with van der Waals surface area (Å²) < 4.78 is 0. The van der Waals surface area contributed by atoms with Crippen LogP contribution >= 0.6 is 0 Å². The molecule has 0 fully saturated rings. The van der Waals surface area contributed by atoms with Gasteiger partial charge in [0.1, 0.15) is 0 Å². The van der Waals surface area contributed by atoms with Crippen LogP contribution in [0.1, 0.15) is 16.7 Å². The van der Waals surface area contributed by atoms with Crippen molar-refractivity contribution in [2.24, 2.45) is 0 Å². The lowest BCUT2D eigenvalue weighted by molar-refractivity contribution is 0.282. The highest BCUT2D eigenvalue weighted by atomic mass is 16.4. The van der Waals surface area contributed by atoms with Crippen LogP contribution in [-0.4, -0.2) is 22.3 Å². The average Bonchev–Trinajstić information content (AvgIpc) is 2.75. The number of benzene rings is 2. The van der Waals surface area contributed by atoms with Crippen LogP contribution in [0.2, 0.25) is 0 Å². The molecule has 0 bridgehead atoms. The Balaban J connectivity index is 2.25. The molecule has 90 valence electrons. The zero-order valence-electron chi connectivity index (χ0n) is 9.80. The van der Waals surface area contributed by atoms with Crippen LogP contribution in [-0.2, 0) is 13.0 Å². The third-order valence-corrected chi connectivity index (χ3v) is 3.55. The first kappa shape index (κ1) is 11.5. The second-order valence-corrected chi connectivity index (χ2v) is 4.53. The van der Waals surface area contributed by atoms with Crippen LogP contribution in [0.5, 0.6) is 0 Å². The molecule has 0 saturated carbocycles. The molecule has 3 N–H and O–H groups in total. The summed E-state index contributed by atoms with van der Waals surface area (Å²) in [6.45, 7) is -0.184. The van der Waals surface area contributed by atoms with Gasteiger partial charge in [-0.1, -0.05) is 36.4 Å². The lowest BCUT2D eigenvalue weighted by atomic mass is 9.72. The fraction of sp³-hybridized carbons (Fsp3) is 0.143. The van der Waals surface area contributed by atoms with Crippen molar-refractivity contribution < 1.29 is 15.2 Å². The minimum absolute atomic E-state index is 0.184. The second-order valence-electron chi connectivity index (χ2n) is 4.53. The molecular weight excluding hydrogens is 227 g/mol. The van der Waals surface area contributed by atoms with Gasteiger partial charge in [-0.15, -0.1) is 0 Å². The van der Waals surface area contributed by atoms with Crippen LogP contribution in [0.4, 0.5) is 0 Å². The molecule has 18 heavy (non-hydrogen) atoms. The molecule has 1 aliphatic carbocycles. The molecule has 2 aromatic carbocycles. The molecule has 0 radical (unpaired) electrons. The van der Waals surface area contributed by atoms with Crippen molar-refractivity contribution in [2.75, 3.05) is 0 Å². The Labute approximate surface area is 105 Å². The van der Waals surface area contributed by atoms with Gasteiger partial charge in [-0.2, -0.15) is 0 Å². The molecule has 0 aliphatic heterocycles. The lowest BCUT2D eigenvalue weighted by Crippen LogP contribution is -2.36. The molecule has 0 aromatic heterocycles.